The van der Waals surface area contributed by atoms with E-state index in [9.17, 15) is 9.18 Å². The van der Waals surface area contributed by atoms with Crippen LogP contribution in [0.15, 0.2) is 73.1 Å². The van der Waals surface area contributed by atoms with E-state index in [4.69, 9.17) is 9.47 Å². The van der Waals surface area contributed by atoms with Gasteiger partial charge in [-0.25, -0.2) is 4.39 Å². The van der Waals surface area contributed by atoms with Crippen molar-refractivity contribution in [2.24, 2.45) is 0 Å². The lowest BCUT2D eigenvalue weighted by atomic mass is 10.2. The topological polar surface area (TPSA) is 65.4 Å². The van der Waals surface area contributed by atoms with Crippen molar-refractivity contribution in [2.75, 3.05) is 12.4 Å². The summed E-state index contributed by atoms with van der Waals surface area (Å²) in [7, 11) is 1.56. The summed E-state index contributed by atoms with van der Waals surface area (Å²) in [5, 5.41) is 2.90. The molecule has 0 atom stereocenters. The molecule has 168 valence electrons. The molecular weight excluding hydrogens is 421 g/mol. The van der Waals surface area contributed by atoms with E-state index >= 15 is 0 Å². The highest BCUT2D eigenvalue weighted by molar-refractivity contribution is 6.05. The summed E-state index contributed by atoms with van der Waals surface area (Å²) in [6.07, 6.45) is 3.40. The summed E-state index contributed by atoms with van der Waals surface area (Å²) in [6.45, 7) is 3.97. The normalized spacial score (nSPS) is 10.7. The fourth-order valence-corrected chi connectivity index (χ4v) is 3.70. The number of hydrogen-bond acceptors (Lipinski definition) is 4. The van der Waals surface area contributed by atoms with E-state index < -0.39 is 0 Å². The zero-order chi connectivity index (χ0) is 23.4. The zero-order valence-electron chi connectivity index (χ0n) is 18.6. The maximum atomic E-state index is 14.4. The first kappa shape index (κ1) is 22.1. The van der Waals surface area contributed by atoms with Gasteiger partial charge < -0.3 is 19.4 Å². The Morgan fingerprint density at radius 1 is 1.03 bits per heavy atom. The molecule has 0 fully saturated rings. The zero-order valence-corrected chi connectivity index (χ0v) is 18.6. The Labute approximate surface area is 191 Å². The lowest BCUT2D eigenvalue weighted by Crippen LogP contribution is -2.13. The average Bonchev–Trinajstić information content (AvgIpc) is 3.12. The van der Waals surface area contributed by atoms with Crippen molar-refractivity contribution in [3.63, 3.8) is 0 Å². The van der Waals surface area contributed by atoms with Gasteiger partial charge in [-0.1, -0.05) is 12.1 Å². The smallest absolute Gasteiger partial charge is 0.257 e. The number of pyridine rings is 1. The first-order valence-corrected chi connectivity index (χ1v) is 10.4. The van der Waals surface area contributed by atoms with Gasteiger partial charge in [0, 0.05) is 35.5 Å². The predicted octanol–water partition coefficient (Wildman–Crippen LogP) is 5.47. The number of anilines is 1. The largest absolute Gasteiger partial charge is 0.493 e. The molecule has 0 saturated heterocycles. The number of amides is 1. The second kappa shape index (κ2) is 9.56. The van der Waals surface area contributed by atoms with E-state index in [0.717, 1.165) is 11.3 Å². The van der Waals surface area contributed by atoms with Crippen LogP contribution in [0.5, 0.6) is 11.5 Å². The van der Waals surface area contributed by atoms with Crippen LogP contribution in [0.3, 0.4) is 0 Å². The van der Waals surface area contributed by atoms with Gasteiger partial charge in [-0.3, -0.25) is 9.78 Å². The molecule has 0 saturated carbocycles. The number of nitrogens with zero attached hydrogens (tertiary/aromatic N) is 2. The van der Waals surface area contributed by atoms with Gasteiger partial charge in [0.1, 0.15) is 12.4 Å². The molecule has 2 aromatic heterocycles. The maximum absolute atomic E-state index is 14.4. The van der Waals surface area contributed by atoms with E-state index in [2.05, 4.69) is 10.3 Å². The van der Waals surface area contributed by atoms with E-state index in [1.807, 2.05) is 19.1 Å². The number of methoxy groups -OCH3 is 1. The van der Waals surface area contributed by atoms with Crippen LogP contribution in [-0.2, 0) is 6.61 Å². The van der Waals surface area contributed by atoms with Gasteiger partial charge in [-0.2, -0.15) is 0 Å². The second-order valence-electron chi connectivity index (χ2n) is 7.54. The number of hydrogen-bond donors (Lipinski definition) is 1. The van der Waals surface area contributed by atoms with Gasteiger partial charge in [0.25, 0.3) is 5.91 Å². The Bertz CT molecular complexity index is 1290. The minimum atomic E-state index is -0.350. The van der Waals surface area contributed by atoms with Crippen LogP contribution in [0.2, 0.25) is 0 Å². The Kier molecular flexibility index (Phi) is 6.40. The van der Waals surface area contributed by atoms with Crippen molar-refractivity contribution in [1.82, 2.24) is 9.55 Å². The molecular formula is C26H24FN3O3. The van der Waals surface area contributed by atoms with Gasteiger partial charge in [0.05, 0.1) is 18.4 Å². The third-order valence-electron chi connectivity index (χ3n) is 5.33. The first-order valence-electron chi connectivity index (χ1n) is 10.4. The van der Waals surface area contributed by atoms with Crippen LogP contribution < -0.4 is 14.8 Å². The van der Waals surface area contributed by atoms with Gasteiger partial charge in [0.2, 0.25) is 0 Å². The van der Waals surface area contributed by atoms with Crippen molar-refractivity contribution in [3.05, 3.63) is 101 Å². The lowest BCUT2D eigenvalue weighted by Gasteiger charge is -2.13. The number of benzene rings is 2. The Morgan fingerprint density at radius 3 is 2.52 bits per heavy atom. The van der Waals surface area contributed by atoms with E-state index in [-0.39, 0.29) is 11.7 Å². The molecule has 33 heavy (non-hydrogen) atoms. The molecule has 0 spiro atoms. The van der Waals surface area contributed by atoms with Crippen LogP contribution in [-0.4, -0.2) is 22.6 Å². The lowest BCUT2D eigenvalue weighted by molar-refractivity contribution is 0.102. The van der Waals surface area contributed by atoms with Crippen molar-refractivity contribution < 1.29 is 18.7 Å². The number of aryl methyl sites for hydroxylation is 1. The number of halogens is 1. The van der Waals surface area contributed by atoms with Crippen LogP contribution >= 0.6 is 0 Å². The molecule has 0 aliphatic carbocycles. The van der Waals surface area contributed by atoms with Crippen LogP contribution in [0, 0.1) is 19.7 Å². The Morgan fingerprint density at radius 2 is 1.79 bits per heavy atom. The summed E-state index contributed by atoms with van der Waals surface area (Å²) < 4.78 is 27.4. The number of carbonyl (C=O) groups is 1. The highest BCUT2D eigenvalue weighted by atomic mass is 19.1. The molecule has 4 aromatic rings. The van der Waals surface area contributed by atoms with E-state index in [1.165, 1.54) is 6.07 Å². The molecule has 0 radical (unpaired) electrons. The highest BCUT2D eigenvalue weighted by Gasteiger charge is 2.19. The minimum Gasteiger partial charge on any atom is -0.493 e. The standard InChI is InChI=1S/C26H24FN3O3/c1-17-14-21(18(2)30(17)23-7-5-4-6-22(23)27)26(31)29-20-8-9-24(32-3)25(15-20)33-16-19-10-12-28-13-11-19/h4-15H,16H2,1-3H3,(H,29,31). The van der Waals surface area contributed by atoms with Crippen LogP contribution in [0.25, 0.3) is 5.69 Å². The number of carbonyl (C=O) groups excluding carboxylic acids is 1. The number of rotatable bonds is 7. The van der Waals surface area contributed by atoms with E-state index in [0.29, 0.717) is 40.7 Å². The average molecular weight is 445 g/mol. The molecule has 1 amide bonds. The van der Waals surface area contributed by atoms with Crippen LogP contribution in [0.1, 0.15) is 27.3 Å². The number of ether oxygens (including phenoxy) is 2. The van der Waals surface area contributed by atoms with Crippen molar-refractivity contribution in [3.8, 4) is 17.2 Å². The Balaban J connectivity index is 1.56. The van der Waals surface area contributed by atoms with E-state index in [1.54, 1.807) is 73.5 Å². The number of aromatic nitrogens is 2. The third-order valence-corrected chi connectivity index (χ3v) is 5.33. The highest BCUT2D eigenvalue weighted by Crippen LogP contribution is 2.31. The summed E-state index contributed by atoms with van der Waals surface area (Å²) in [4.78, 5) is 17.1. The van der Waals surface area contributed by atoms with Crippen LogP contribution in [0.4, 0.5) is 10.1 Å². The molecule has 4 rings (SSSR count). The van der Waals surface area contributed by atoms with Gasteiger partial charge in [0.15, 0.2) is 11.5 Å². The summed E-state index contributed by atoms with van der Waals surface area (Å²) in [5.74, 6) is 0.414. The number of nitrogens with one attached hydrogen (secondary N) is 1. The monoisotopic (exact) mass is 445 g/mol. The first-order chi connectivity index (χ1) is 16.0. The SMILES string of the molecule is COc1ccc(NC(=O)c2cc(C)n(-c3ccccc3F)c2C)cc1OCc1ccncc1. The molecule has 7 heteroatoms. The summed E-state index contributed by atoms with van der Waals surface area (Å²) in [5.41, 5.74) is 3.80. The summed E-state index contributed by atoms with van der Waals surface area (Å²) >= 11 is 0. The molecule has 1 N–H and O–H groups in total. The van der Waals surface area contributed by atoms with Crippen molar-refractivity contribution >= 4 is 11.6 Å². The van der Waals surface area contributed by atoms with Gasteiger partial charge in [-0.05, 0) is 61.9 Å². The summed E-state index contributed by atoms with van der Waals surface area (Å²) in [6, 6.07) is 17.2. The molecule has 0 bridgehead atoms. The maximum Gasteiger partial charge on any atom is 0.257 e. The fourth-order valence-electron chi connectivity index (χ4n) is 3.70. The van der Waals surface area contributed by atoms with Gasteiger partial charge >= 0.3 is 0 Å². The predicted molar refractivity (Wildman–Crippen MR) is 125 cm³/mol. The molecule has 2 aromatic carbocycles. The molecule has 0 aliphatic rings. The quantitative estimate of drug-likeness (QED) is 0.410. The Hall–Kier alpha value is -4.13. The molecule has 0 aliphatic heterocycles. The number of para-hydroxylation sites is 1. The molecule has 0 unspecified atom stereocenters. The van der Waals surface area contributed by atoms with Gasteiger partial charge in [-0.15, -0.1) is 0 Å². The van der Waals surface area contributed by atoms with Crippen molar-refractivity contribution in [2.45, 2.75) is 20.5 Å². The molecule has 6 nitrogen and oxygen atoms in total. The fraction of sp³-hybridized carbons (Fsp3) is 0.154. The molecule has 2 heterocycles. The second-order valence-corrected chi connectivity index (χ2v) is 7.54. The van der Waals surface area contributed by atoms with Crippen molar-refractivity contribution in [1.29, 1.82) is 0 Å². The third kappa shape index (κ3) is 4.72. The minimum absolute atomic E-state index is 0.295.